The van der Waals surface area contributed by atoms with Crippen LogP contribution < -0.4 is 11.1 Å². The van der Waals surface area contributed by atoms with Crippen LogP contribution in [0.15, 0.2) is 12.4 Å². The number of aromatic nitrogens is 2. The number of amides is 1. The molecule has 1 aromatic rings. The van der Waals surface area contributed by atoms with Gasteiger partial charge in [-0.15, -0.1) is 0 Å². The van der Waals surface area contributed by atoms with Gasteiger partial charge in [0.1, 0.15) is 0 Å². The SMILES string of the molecule is CC(N)CCCC(C)C(=O)Nc1cn[nH]c1. The molecule has 1 amide bonds. The first-order valence-electron chi connectivity index (χ1n) is 5.65. The minimum atomic E-state index is 0.00801. The molecule has 90 valence electrons. The van der Waals surface area contributed by atoms with Gasteiger partial charge in [-0.05, 0) is 19.8 Å². The van der Waals surface area contributed by atoms with E-state index in [1.54, 1.807) is 12.4 Å². The molecule has 0 saturated carbocycles. The van der Waals surface area contributed by atoms with Crippen molar-refractivity contribution in [1.29, 1.82) is 0 Å². The maximum absolute atomic E-state index is 11.7. The van der Waals surface area contributed by atoms with E-state index in [0.29, 0.717) is 5.69 Å². The van der Waals surface area contributed by atoms with Crippen molar-refractivity contribution in [3.05, 3.63) is 12.4 Å². The molecule has 1 heterocycles. The fourth-order valence-electron chi connectivity index (χ4n) is 1.46. The maximum Gasteiger partial charge on any atom is 0.227 e. The van der Waals surface area contributed by atoms with Gasteiger partial charge in [0.05, 0.1) is 11.9 Å². The topological polar surface area (TPSA) is 83.8 Å². The van der Waals surface area contributed by atoms with Crippen LogP contribution in [0, 0.1) is 5.92 Å². The van der Waals surface area contributed by atoms with Crippen molar-refractivity contribution in [3.8, 4) is 0 Å². The molecule has 2 unspecified atom stereocenters. The Morgan fingerprint density at radius 1 is 1.56 bits per heavy atom. The number of nitrogens with two attached hydrogens (primary N) is 1. The van der Waals surface area contributed by atoms with Gasteiger partial charge >= 0.3 is 0 Å². The molecule has 0 fully saturated rings. The predicted octanol–water partition coefficient (Wildman–Crippen LogP) is 1.50. The number of rotatable bonds is 6. The summed E-state index contributed by atoms with van der Waals surface area (Å²) in [5, 5.41) is 9.21. The fraction of sp³-hybridized carbons (Fsp3) is 0.636. The number of carbonyl (C=O) groups is 1. The molecule has 0 saturated heterocycles. The Hall–Kier alpha value is -1.36. The van der Waals surface area contributed by atoms with Crippen molar-refractivity contribution < 1.29 is 4.79 Å². The number of aromatic amines is 1. The van der Waals surface area contributed by atoms with Gasteiger partial charge in [0.2, 0.25) is 5.91 Å². The van der Waals surface area contributed by atoms with Gasteiger partial charge in [0, 0.05) is 18.2 Å². The van der Waals surface area contributed by atoms with E-state index in [2.05, 4.69) is 15.5 Å². The molecular weight excluding hydrogens is 204 g/mol. The predicted molar refractivity (Wildman–Crippen MR) is 63.9 cm³/mol. The van der Waals surface area contributed by atoms with Crippen LogP contribution in [0.5, 0.6) is 0 Å². The molecule has 0 aromatic carbocycles. The zero-order valence-corrected chi connectivity index (χ0v) is 9.86. The quantitative estimate of drug-likeness (QED) is 0.684. The molecule has 16 heavy (non-hydrogen) atoms. The molecule has 1 rings (SSSR count). The van der Waals surface area contributed by atoms with Crippen LogP contribution in [0.4, 0.5) is 5.69 Å². The van der Waals surface area contributed by atoms with E-state index in [4.69, 9.17) is 5.73 Å². The number of nitrogens with one attached hydrogen (secondary N) is 2. The lowest BCUT2D eigenvalue weighted by Gasteiger charge is -2.11. The largest absolute Gasteiger partial charge is 0.328 e. The van der Waals surface area contributed by atoms with Crippen molar-refractivity contribution >= 4 is 11.6 Å². The Morgan fingerprint density at radius 3 is 2.88 bits per heavy atom. The minimum Gasteiger partial charge on any atom is -0.328 e. The minimum absolute atomic E-state index is 0.00801. The van der Waals surface area contributed by atoms with E-state index in [-0.39, 0.29) is 17.9 Å². The van der Waals surface area contributed by atoms with Crippen LogP contribution in [-0.4, -0.2) is 22.1 Å². The number of nitrogens with zero attached hydrogens (tertiary/aromatic N) is 1. The Bertz CT molecular complexity index is 308. The van der Waals surface area contributed by atoms with Crippen molar-refractivity contribution in [3.63, 3.8) is 0 Å². The van der Waals surface area contributed by atoms with Crippen molar-refractivity contribution in [2.75, 3.05) is 5.32 Å². The fourth-order valence-corrected chi connectivity index (χ4v) is 1.46. The van der Waals surface area contributed by atoms with Crippen LogP contribution in [0.1, 0.15) is 33.1 Å². The van der Waals surface area contributed by atoms with Gasteiger partial charge in [0.15, 0.2) is 0 Å². The Kier molecular flexibility index (Phi) is 4.98. The van der Waals surface area contributed by atoms with Gasteiger partial charge < -0.3 is 11.1 Å². The number of hydrogen-bond acceptors (Lipinski definition) is 3. The lowest BCUT2D eigenvalue weighted by atomic mass is 10.0. The number of carbonyl (C=O) groups excluding carboxylic acids is 1. The highest BCUT2D eigenvalue weighted by atomic mass is 16.1. The summed E-state index contributed by atoms with van der Waals surface area (Å²) < 4.78 is 0. The average Bonchev–Trinajstić information content (AvgIpc) is 2.69. The average molecular weight is 224 g/mol. The molecule has 0 bridgehead atoms. The summed E-state index contributed by atoms with van der Waals surface area (Å²) in [6, 6.07) is 0.212. The molecule has 0 spiro atoms. The highest BCUT2D eigenvalue weighted by molar-refractivity contribution is 5.91. The van der Waals surface area contributed by atoms with E-state index >= 15 is 0 Å². The number of H-pyrrole nitrogens is 1. The third kappa shape index (κ3) is 4.44. The highest BCUT2D eigenvalue weighted by Crippen LogP contribution is 2.12. The van der Waals surface area contributed by atoms with Gasteiger partial charge in [0.25, 0.3) is 0 Å². The van der Waals surface area contributed by atoms with Crippen LogP contribution in [0.3, 0.4) is 0 Å². The molecule has 0 radical (unpaired) electrons. The van der Waals surface area contributed by atoms with Gasteiger partial charge in [-0.25, -0.2) is 0 Å². The number of anilines is 1. The second kappa shape index (κ2) is 6.27. The Labute approximate surface area is 95.8 Å². The molecule has 1 aromatic heterocycles. The van der Waals surface area contributed by atoms with E-state index < -0.39 is 0 Å². The first kappa shape index (κ1) is 12.7. The molecule has 5 nitrogen and oxygen atoms in total. The summed E-state index contributed by atoms with van der Waals surface area (Å²) >= 11 is 0. The van der Waals surface area contributed by atoms with E-state index in [1.807, 2.05) is 13.8 Å². The van der Waals surface area contributed by atoms with E-state index in [1.165, 1.54) is 0 Å². The normalized spacial score (nSPS) is 14.4. The second-order valence-corrected chi connectivity index (χ2v) is 4.29. The van der Waals surface area contributed by atoms with Crippen molar-refractivity contribution in [1.82, 2.24) is 10.2 Å². The van der Waals surface area contributed by atoms with Crippen LogP contribution in [0.2, 0.25) is 0 Å². The second-order valence-electron chi connectivity index (χ2n) is 4.29. The molecule has 0 aliphatic rings. The van der Waals surface area contributed by atoms with E-state index in [0.717, 1.165) is 19.3 Å². The highest BCUT2D eigenvalue weighted by Gasteiger charge is 2.13. The number of hydrogen-bond donors (Lipinski definition) is 3. The molecule has 0 aliphatic carbocycles. The summed E-state index contributed by atoms with van der Waals surface area (Å²) in [5.41, 5.74) is 6.36. The molecule has 2 atom stereocenters. The summed E-state index contributed by atoms with van der Waals surface area (Å²) in [5.74, 6) is 0.0414. The standard InChI is InChI=1S/C11H20N4O/c1-8(4-3-5-9(2)12)11(16)15-10-6-13-14-7-10/h6-9H,3-5,12H2,1-2H3,(H,13,14)(H,15,16). The third-order valence-electron chi connectivity index (χ3n) is 2.51. The maximum atomic E-state index is 11.7. The molecule has 0 aliphatic heterocycles. The summed E-state index contributed by atoms with van der Waals surface area (Å²) in [4.78, 5) is 11.7. The first-order valence-corrected chi connectivity index (χ1v) is 5.65. The smallest absolute Gasteiger partial charge is 0.227 e. The first-order chi connectivity index (χ1) is 7.59. The zero-order valence-electron chi connectivity index (χ0n) is 9.86. The lowest BCUT2D eigenvalue weighted by Crippen LogP contribution is -2.21. The van der Waals surface area contributed by atoms with Crippen LogP contribution >= 0.6 is 0 Å². The van der Waals surface area contributed by atoms with Gasteiger partial charge in [-0.3, -0.25) is 9.89 Å². The lowest BCUT2D eigenvalue weighted by molar-refractivity contribution is -0.119. The molecule has 4 N–H and O–H groups in total. The third-order valence-corrected chi connectivity index (χ3v) is 2.51. The van der Waals surface area contributed by atoms with Crippen LogP contribution in [-0.2, 0) is 4.79 Å². The summed E-state index contributed by atoms with van der Waals surface area (Å²) in [6.07, 6.45) is 6.06. The van der Waals surface area contributed by atoms with Gasteiger partial charge in [-0.2, -0.15) is 5.10 Å². The van der Waals surface area contributed by atoms with Crippen molar-refractivity contribution in [2.24, 2.45) is 11.7 Å². The van der Waals surface area contributed by atoms with Crippen molar-refractivity contribution in [2.45, 2.75) is 39.2 Å². The van der Waals surface area contributed by atoms with E-state index in [9.17, 15) is 4.79 Å². The monoisotopic (exact) mass is 224 g/mol. The molecule has 5 heteroatoms. The van der Waals surface area contributed by atoms with Crippen LogP contribution in [0.25, 0.3) is 0 Å². The Balaban J connectivity index is 2.25. The zero-order chi connectivity index (χ0) is 12.0. The molecular formula is C11H20N4O. The van der Waals surface area contributed by atoms with Gasteiger partial charge in [-0.1, -0.05) is 13.3 Å². The summed E-state index contributed by atoms with van der Waals surface area (Å²) in [7, 11) is 0. The summed E-state index contributed by atoms with van der Waals surface area (Å²) in [6.45, 7) is 3.91. The Morgan fingerprint density at radius 2 is 2.31 bits per heavy atom.